The number of hydrogen-bond acceptors (Lipinski definition) is 2. The Balaban J connectivity index is 1.93. The Labute approximate surface area is 115 Å². The van der Waals surface area contributed by atoms with Gasteiger partial charge in [0.2, 0.25) is 5.91 Å². The van der Waals surface area contributed by atoms with Gasteiger partial charge in [-0.3, -0.25) is 4.79 Å². The third-order valence-electron chi connectivity index (χ3n) is 3.48. The molecule has 0 fully saturated rings. The smallest absolute Gasteiger partial charge is 0.227 e. The van der Waals surface area contributed by atoms with Gasteiger partial charge in [-0.05, 0) is 36.6 Å². The van der Waals surface area contributed by atoms with Gasteiger partial charge in [0.1, 0.15) is 0 Å². The second kappa shape index (κ2) is 6.83. The van der Waals surface area contributed by atoms with Crippen LogP contribution in [0.5, 0.6) is 0 Å². The van der Waals surface area contributed by atoms with Crippen LogP contribution >= 0.6 is 12.6 Å². The Bertz CT molecular complexity index is 405. The van der Waals surface area contributed by atoms with Gasteiger partial charge in [-0.2, -0.15) is 12.6 Å². The Hall–Kier alpha value is -0.960. The number of anilines is 1. The zero-order valence-electron chi connectivity index (χ0n) is 10.8. The van der Waals surface area contributed by atoms with Gasteiger partial charge >= 0.3 is 0 Å². The van der Waals surface area contributed by atoms with Crippen LogP contribution in [-0.2, 0) is 11.2 Å². The summed E-state index contributed by atoms with van der Waals surface area (Å²) in [5.74, 6) is 1.24. The van der Waals surface area contributed by atoms with Crippen molar-refractivity contribution >= 4 is 24.2 Å². The standard InChI is InChI=1S/C15H21NOS/c17-15-10-9-13-7-3-4-8-14(13)16(15)11-5-1-2-6-12-18/h3-4,7-8,18H,1-2,5-6,9-12H2. The second-order valence-corrected chi connectivity index (χ2v) is 5.26. The Morgan fingerprint density at radius 3 is 2.67 bits per heavy atom. The number of unbranched alkanes of at least 4 members (excludes halogenated alkanes) is 3. The molecule has 1 aliphatic heterocycles. The van der Waals surface area contributed by atoms with E-state index in [1.54, 1.807) is 0 Å². The van der Waals surface area contributed by atoms with E-state index in [0.29, 0.717) is 6.42 Å². The Morgan fingerprint density at radius 1 is 1.06 bits per heavy atom. The number of amides is 1. The lowest BCUT2D eigenvalue weighted by molar-refractivity contribution is -0.118. The van der Waals surface area contributed by atoms with Gasteiger partial charge < -0.3 is 4.90 Å². The molecule has 2 rings (SSSR count). The lowest BCUT2D eigenvalue weighted by Crippen LogP contribution is -2.35. The fourth-order valence-corrected chi connectivity index (χ4v) is 2.70. The van der Waals surface area contributed by atoms with Crippen LogP contribution in [0, 0.1) is 0 Å². The minimum absolute atomic E-state index is 0.280. The van der Waals surface area contributed by atoms with Crippen molar-refractivity contribution in [3.05, 3.63) is 29.8 Å². The number of nitrogens with zero attached hydrogens (tertiary/aromatic N) is 1. The largest absolute Gasteiger partial charge is 0.312 e. The minimum atomic E-state index is 0.280. The molecule has 0 saturated carbocycles. The van der Waals surface area contributed by atoms with Crippen LogP contribution in [-0.4, -0.2) is 18.2 Å². The highest BCUT2D eigenvalue weighted by Gasteiger charge is 2.22. The van der Waals surface area contributed by atoms with Crippen molar-refractivity contribution in [2.24, 2.45) is 0 Å². The maximum Gasteiger partial charge on any atom is 0.227 e. The molecule has 0 saturated heterocycles. The predicted octanol–water partition coefficient (Wildman–Crippen LogP) is 3.46. The quantitative estimate of drug-likeness (QED) is 0.615. The molecule has 0 bridgehead atoms. The summed E-state index contributed by atoms with van der Waals surface area (Å²) < 4.78 is 0. The van der Waals surface area contributed by atoms with Crippen LogP contribution in [0.15, 0.2) is 24.3 Å². The predicted molar refractivity (Wildman–Crippen MR) is 79.4 cm³/mol. The molecule has 1 aromatic rings. The third kappa shape index (κ3) is 3.29. The molecule has 1 aliphatic rings. The van der Waals surface area contributed by atoms with Gasteiger partial charge in [-0.1, -0.05) is 31.0 Å². The van der Waals surface area contributed by atoms with E-state index in [0.717, 1.165) is 30.8 Å². The summed E-state index contributed by atoms with van der Waals surface area (Å²) in [4.78, 5) is 14.0. The van der Waals surface area contributed by atoms with Gasteiger partial charge in [0.15, 0.2) is 0 Å². The molecule has 1 amide bonds. The van der Waals surface area contributed by atoms with E-state index in [9.17, 15) is 4.79 Å². The molecular formula is C15H21NOS. The second-order valence-electron chi connectivity index (χ2n) is 4.81. The lowest BCUT2D eigenvalue weighted by Gasteiger charge is -2.29. The first-order valence-electron chi connectivity index (χ1n) is 6.82. The maximum atomic E-state index is 12.0. The Kier molecular flexibility index (Phi) is 5.12. The number of rotatable bonds is 6. The van der Waals surface area contributed by atoms with Gasteiger partial charge in [0, 0.05) is 18.7 Å². The zero-order chi connectivity index (χ0) is 12.8. The molecule has 0 aliphatic carbocycles. The summed E-state index contributed by atoms with van der Waals surface area (Å²) in [6.07, 6.45) is 6.22. The van der Waals surface area contributed by atoms with E-state index >= 15 is 0 Å². The first-order valence-corrected chi connectivity index (χ1v) is 7.45. The van der Waals surface area contributed by atoms with Gasteiger partial charge in [-0.15, -0.1) is 0 Å². The SMILES string of the molecule is O=C1CCc2ccccc2N1CCCCCCS. The van der Waals surface area contributed by atoms with E-state index in [1.165, 1.54) is 24.8 Å². The molecule has 0 spiro atoms. The number of benzene rings is 1. The average Bonchev–Trinajstić information content (AvgIpc) is 2.41. The van der Waals surface area contributed by atoms with Crippen LogP contribution in [0.4, 0.5) is 5.69 Å². The summed E-state index contributed by atoms with van der Waals surface area (Å²) in [5, 5.41) is 0. The van der Waals surface area contributed by atoms with Crippen molar-refractivity contribution in [2.75, 3.05) is 17.2 Å². The van der Waals surface area contributed by atoms with Crippen molar-refractivity contribution in [2.45, 2.75) is 38.5 Å². The highest BCUT2D eigenvalue weighted by atomic mass is 32.1. The van der Waals surface area contributed by atoms with Crippen LogP contribution in [0.1, 0.15) is 37.7 Å². The first kappa shape index (κ1) is 13.5. The summed E-state index contributed by atoms with van der Waals surface area (Å²) in [6.45, 7) is 0.864. The minimum Gasteiger partial charge on any atom is -0.312 e. The van der Waals surface area contributed by atoms with Crippen LogP contribution in [0.25, 0.3) is 0 Å². The molecule has 1 heterocycles. The number of carbonyl (C=O) groups is 1. The molecule has 0 N–H and O–H groups in total. The number of hydrogen-bond donors (Lipinski definition) is 1. The summed E-state index contributed by atoms with van der Waals surface area (Å²) >= 11 is 4.21. The van der Waals surface area contributed by atoms with Crippen molar-refractivity contribution in [1.29, 1.82) is 0 Å². The normalized spacial score (nSPS) is 14.7. The number of carbonyl (C=O) groups excluding carboxylic acids is 1. The van der Waals surface area contributed by atoms with Crippen LogP contribution in [0.2, 0.25) is 0 Å². The number of thiol groups is 1. The van der Waals surface area contributed by atoms with Gasteiger partial charge in [-0.25, -0.2) is 0 Å². The molecular weight excluding hydrogens is 242 g/mol. The van der Waals surface area contributed by atoms with E-state index in [1.807, 2.05) is 11.0 Å². The molecule has 2 nitrogen and oxygen atoms in total. The molecule has 0 atom stereocenters. The first-order chi connectivity index (χ1) is 8.83. The highest BCUT2D eigenvalue weighted by molar-refractivity contribution is 7.80. The van der Waals surface area contributed by atoms with E-state index in [-0.39, 0.29) is 5.91 Å². The zero-order valence-corrected chi connectivity index (χ0v) is 11.7. The number of para-hydroxylation sites is 1. The molecule has 0 radical (unpaired) electrons. The lowest BCUT2D eigenvalue weighted by atomic mass is 10.0. The molecule has 3 heteroatoms. The number of fused-ring (bicyclic) bond motifs is 1. The summed E-state index contributed by atoms with van der Waals surface area (Å²) in [7, 11) is 0. The fraction of sp³-hybridized carbons (Fsp3) is 0.533. The van der Waals surface area contributed by atoms with Gasteiger partial charge in [0.05, 0.1) is 0 Å². The summed E-state index contributed by atoms with van der Waals surface area (Å²) in [6, 6.07) is 8.28. The van der Waals surface area contributed by atoms with Crippen LogP contribution in [0.3, 0.4) is 0 Å². The monoisotopic (exact) mass is 263 g/mol. The van der Waals surface area contributed by atoms with Crippen molar-refractivity contribution in [1.82, 2.24) is 0 Å². The van der Waals surface area contributed by atoms with Crippen molar-refractivity contribution in [3.63, 3.8) is 0 Å². The summed E-state index contributed by atoms with van der Waals surface area (Å²) in [5.41, 5.74) is 2.44. The molecule has 98 valence electrons. The fourth-order valence-electron chi connectivity index (χ4n) is 2.48. The Morgan fingerprint density at radius 2 is 1.83 bits per heavy atom. The van der Waals surface area contributed by atoms with E-state index in [4.69, 9.17) is 0 Å². The van der Waals surface area contributed by atoms with Gasteiger partial charge in [0.25, 0.3) is 0 Å². The van der Waals surface area contributed by atoms with Crippen LogP contribution < -0.4 is 4.90 Å². The molecule has 18 heavy (non-hydrogen) atoms. The topological polar surface area (TPSA) is 20.3 Å². The third-order valence-corrected chi connectivity index (χ3v) is 3.80. The molecule has 0 unspecified atom stereocenters. The molecule has 0 aromatic heterocycles. The van der Waals surface area contributed by atoms with E-state index in [2.05, 4.69) is 30.8 Å². The number of aryl methyl sites for hydroxylation is 1. The highest BCUT2D eigenvalue weighted by Crippen LogP contribution is 2.27. The molecule has 1 aromatic carbocycles. The van der Waals surface area contributed by atoms with Crippen molar-refractivity contribution < 1.29 is 4.79 Å². The maximum absolute atomic E-state index is 12.0. The van der Waals surface area contributed by atoms with Crippen molar-refractivity contribution in [3.8, 4) is 0 Å². The average molecular weight is 263 g/mol. The van der Waals surface area contributed by atoms with E-state index < -0.39 is 0 Å².